The number of rotatable bonds is 5. The molecule has 0 heterocycles. The first-order valence-corrected chi connectivity index (χ1v) is 7.44. The molecule has 1 aromatic carbocycles. The maximum Gasteiger partial charge on any atom is 0.251 e. The minimum atomic E-state index is -0.0965. The minimum absolute atomic E-state index is 0. The molecule has 2 amide bonds. The first-order valence-electron chi connectivity index (χ1n) is 7.44. The van der Waals surface area contributed by atoms with Crippen LogP contribution < -0.4 is 16.4 Å². The molecule has 0 aromatic heterocycles. The molecule has 22 heavy (non-hydrogen) atoms. The second-order valence-electron chi connectivity index (χ2n) is 5.59. The Morgan fingerprint density at radius 2 is 2.09 bits per heavy atom. The van der Waals surface area contributed by atoms with E-state index >= 15 is 0 Å². The lowest BCUT2D eigenvalue weighted by atomic mass is 10.1. The lowest BCUT2D eigenvalue weighted by Crippen LogP contribution is -2.32. The van der Waals surface area contributed by atoms with Gasteiger partial charge in [-0.05, 0) is 43.4 Å². The van der Waals surface area contributed by atoms with Gasteiger partial charge in [-0.2, -0.15) is 0 Å². The average molecular weight is 326 g/mol. The Labute approximate surface area is 137 Å². The highest BCUT2D eigenvalue weighted by Crippen LogP contribution is 2.23. The van der Waals surface area contributed by atoms with E-state index in [1.165, 1.54) is 0 Å². The van der Waals surface area contributed by atoms with Gasteiger partial charge in [0, 0.05) is 31.1 Å². The molecule has 1 aromatic rings. The fraction of sp³-hybridized carbons (Fsp3) is 0.500. The molecule has 0 spiro atoms. The summed E-state index contributed by atoms with van der Waals surface area (Å²) in [6.07, 6.45) is 3.33. The topological polar surface area (TPSA) is 84.2 Å². The van der Waals surface area contributed by atoms with E-state index in [4.69, 9.17) is 5.73 Å². The molecule has 0 bridgehead atoms. The SMILES string of the molecule is CNC(=O)c1cccc(CCNC(=O)C2CCC(N)C2)c1.Cl. The lowest BCUT2D eigenvalue weighted by Gasteiger charge is -2.11. The summed E-state index contributed by atoms with van der Waals surface area (Å²) in [7, 11) is 1.61. The van der Waals surface area contributed by atoms with Crippen molar-refractivity contribution in [2.45, 2.75) is 31.7 Å². The molecular weight excluding hydrogens is 302 g/mol. The molecular formula is C16H24ClN3O2. The van der Waals surface area contributed by atoms with Crippen LogP contribution in [0.15, 0.2) is 24.3 Å². The van der Waals surface area contributed by atoms with Gasteiger partial charge in [0.2, 0.25) is 5.91 Å². The highest BCUT2D eigenvalue weighted by Gasteiger charge is 2.27. The summed E-state index contributed by atoms with van der Waals surface area (Å²) in [6, 6.07) is 7.63. The number of nitrogens with two attached hydrogens (primary N) is 1. The lowest BCUT2D eigenvalue weighted by molar-refractivity contribution is -0.124. The van der Waals surface area contributed by atoms with Gasteiger partial charge in [-0.3, -0.25) is 9.59 Å². The van der Waals surface area contributed by atoms with Crippen LogP contribution in [0.5, 0.6) is 0 Å². The molecule has 0 radical (unpaired) electrons. The normalized spacial score (nSPS) is 20.1. The number of hydrogen-bond donors (Lipinski definition) is 3. The van der Waals surface area contributed by atoms with Gasteiger partial charge in [0.05, 0.1) is 0 Å². The van der Waals surface area contributed by atoms with E-state index < -0.39 is 0 Å². The predicted molar refractivity (Wildman–Crippen MR) is 89.1 cm³/mol. The molecule has 0 aliphatic heterocycles. The summed E-state index contributed by atoms with van der Waals surface area (Å²) in [6.45, 7) is 0.585. The summed E-state index contributed by atoms with van der Waals surface area (Å²) in [4.78, 5) is 23.5. The fourth-order valence-corrected chi connectivity index (χ4v) is 2.74. The Bertz CT molecular complexity index is 522. The predicted octanol–water partition coefficient (Wildman–Crippen LogP) is 1.25. The maximum absolute atomic E-state index is 12.0. The van der Waals surface area contributed by atoms with Crippen LogP contribution in [-0.4, -0.2) is 31.4 Å². The summed E-state index contributed by atoms with van der Waals surface area (Å²) < 4.78 is 0. The number of benzene rings is 1. The van der Waals surface area contributed by atoms with Crippen LogP contribution >= 0.6 is 12.4 Å². The standard InChI is InChI=1S/C16H23N3O2.ClH/c1-18-15(20)12-4-2-3-11(9-12)7-8-19-16(21)13-5-6-14(17)10-13;/h2-4,9,13-14H,5-8,10,17H2,1H3,(H,18,20)(H,19,21);1H. The van der Waals surface area contributed by atoms with Crippen LogP contribution in [-0.2, 0) is 11.2 Å². The van der Waals surface area contributed by atoms with Crippen LogP contribution in [0, 0.1) is 5.92 Å². The van der Waals surface area contributed by atoms with E-state index in [1.54, 1.807) is 13.1 Å². The Morgan fingerprint density at radius 1 is 1.32 bits per heavy atom. The van der Waals surface area contributed by atoms with E-state index in [2.05, 4.69) is 10.6 Å². The smallest absolute Gasteiger partial charge is 0.251 e. The molecule has 1 fully saturated rings. The number of carbonyl (C=O) groups excluding carboxylic acids is 2. The highest BCUT2D eigenvalue weighted by atomic mass is 35.5. The molecule has 4 N–H and O–H groups in total. The molecule has 2 atom stereocenters. The summed E-state index contributed by atoms with van der Waals surface area (Å²) >= 11 is 0. The maximum atomic E-state index is 12.0. The number of amides is 2. The van der Waals surface area contributed by atoms with Gasteiger partial charge in [0.1, 0.15) is 0 Å². The van der Waals surface area contributed by atoms with Gasteiger partial charge in [0.15, 0.2) is 0 Å². The number of hydrogen-bond acceptors (Lipinski definition) is 3. The van der Waals surface area contributed by atoms with Crippen LogP contribution in [0.25, 0.3) is 0 Å². The summed E-state index contributed by atoms with van der Waals surface area (Å²) in [5.74, 6) is 0.0726. The molecule has 1 saturated carbocycles. The van der Waals surface area contributed by atoms with Gasteiger partial charge < -0.3 is 16.4 Å². The second-order valence-corrected chi connectivity index (χ2v) is 5.59. The van der Waals surface area contributed by atoms with Gasteiger partial charge >= 0.3 is 0 Å². The zero-order valence-corrected chi connectivity index (χ0v) is 13.6. The minimum Gasteiger partial charge on any atom is -0.356 e. The molecule has 2 unspecified atom stereocenters. The third-order valence-electron chi connectivity index (χ3n) is 3.97. The summed E-state index contributed by atoms with van der Waals surface area (Å²) in [5, 5.41) is 5.56. The van der Waals surface area contributed by atoms with Crippen molar-refractivity contribution < 1.29 is 9.59 Å². The van der Waals surface area contributed by atoms with Crippen LogP contribution in [0.2, 0.25) is 0 Å². The number of nitrogens with one attached hydrogen (secondary N) is 2. The fourth-order valence-electron chi connectivity index (χ4n) is 2.74. The number of halogens is 1. The van der Waals surface area contributed by atoms with Crippen molar-refractivity contribution in [1.82, 2.24) is 10.6 Å². The molecule has 122 valence electrons. The van der Waals surface area contributed by atoms with E-state index in [0.29, 0.717) is 12.1 Å². The first kappa shape index (κ1) is 18.5. The quantitative estimate of drug-likeness (QED) is 0.762. The van der Waals surface area contributed by atoms with Crippen molar-refractivity contribution in [2.24, 2.45) is 11.7 Å². The number of carbonyl (C=O) groups is 2. The second kappa shape index (κ2) is 8.76. The van der Waals surface area contributed by atoms with E-state index in [-0.39, 0.29) is 36.2 Å². The average Bonchev–Trinajstić information content (AvgIpc) is 2.93. The third kappa shape index (κ3) is 5.00. The molecule has 1 aliphatic rings. The van der Waals surface area contributed by atoms with Crippen molar-refractivity contribution in [2.75, 3.05) is 13.6 Å². The molecule has 1 aliphatic carbocycles. The highest BCUT2D eigenvalue weighted by molar-refractivity contribution is 5.94. The Morgan fingerprint density at radius 3 is 2.73 bits per heavy atom. The largest absolute Gasteiger partial charge is 0.356 e. The summed E-state index contributed by atoms with van der Waals surface area (Å²) in [5.41, 5.74) is 7.51. The van der Waals surface area contributed by atoms with Crippen LogP contribution in [0.1, 0.15) is 35.2 Å². The van der Waals surface area contributed by atoms with Gasteiger partial charge in [-0.1, -0.05) is 12.1 Å². The van der Waals surface area contributed by atoms with Crippen molar-refractivity contribution in [3.05, 3.63) is 35.4 Å². The van der Waals surface area contributed by atoms with Crippen LogP contribution in [0.4, 0.5) is 0 Å². The van der Waals surface area contributed by atoms with E-state index in [9.17, 15) is 9.59 Å². The third-order valence-corrected chi connectivity index (χ3v) is 3.97. The molecule has 2 rings (SSSR count). The van der Waals surface area contributed by atoms with Crippen molar-refractivity contribution in [3.8, 4) is 0 Å². The van der Waals surface area contributed by atoms with Gasteiger partial charge in [-0.25, -0.2) is 0 Å². The van der Waals surface area contributed by atoms with E-state index in [0.717, 1.165) is 31.2 Å². The zero-order valence-electron chi connectivity index (χ0n) is 12.8. The van der Waals surface area contributed by atoms with E-state index in [1.807, 2.05) is 18.2 Å². The Kier molecular flexibility index (Phi) is 7.35. The van der Waals surface area contributed by atoms with Crippen molar-refractivity contribution in [1.29, 1.82) is 0 Å². The van der Waals surface area contributed by atoms with Crippen molar-refractivity contribution in [3.63, 3.8) is 0 Å². The monoisotopic (exact) mass is 325 g/mol. The van der Waals surface area contributed by atoms with Gasteiger partial charge in [0.25, 0.3) is 5.91 Å². The van der Waals surface area contributed by atoms with Gasteiger partial charge in [-0.15, -0.1) is 12.4 Å². The molecule has 5 nitrogen and oxygen atoms in total. The molecule has 0 saturated heterocycles. The first-order chi connectivity index (χ1) is 10.1. The molecule has 6 heteroatoms. The Hall–Kier alpha value is -1.59. The zero-order chi connectivity index (χ0) is 15.2. The Balaban J connectivity index is 0.00000242. The van der Waals surface area contributed by atoms with Crippen molar-refractivity contribution >= 4 is 24.2 Å². The van der Waals surface area contributed by atoms with Crippen LogP contribution in [0.3, 0.4) is 0 Å².